The summed E-state index contributed by atoms with van der Waals surface area (Å²) >= 11 is 0. The normalized spacial score (nSPS) is 30.8. The summed E-state index contributed by atoms with van der Waals surface area (Å²) in [4.78, 5) is 0. The number of aryl methyl sites for hydroxylation is 1. The largest absolute Gasteiger partial charge is 0.493 e. The van der Waals surface area contributed by atoms with E-state index < -0.39 is 0 Å². The number of hydrogen-bond donors (Lipinski definition) is 1. The Morgan fingerprint density at radius 3 is 2.93 bits per heavy atom. The standard InChI is InChI=1S/C11H19N3O/c1-11(5-4-8(12)6-11)10-9(15-3)7-13-14(10)2/h7-8H,4-6,12H2,1-3H3. The molecule has 15 heavy (non-hydrogen) atoms. The molecule has 2 rings (SSSR count). The van der Waals surface area contributed by atoms with Crippen molar-refractivity contribution in [2.45, 2.75) is 37.6 Å². The van der Waals surface area contributed by atoms with Gasteiger partial charge in [-0.2, -0.15) is 5.10 Å². The van der Waals surface area contributed by atoms with Crippen LogP contribution in [-0.4, -0.2) is 22.9 Å². The van der Waals surface area contributed by atoms with Crippen LogP contribution in [0.3, 0.4) is 0 Å². The molecule has 1 aromatic heterocycles. The minimum atomic E-state index is 0.121. The molecule has 0 radical (unpaired) electrons. The minimum absolute atomic E-state index is 0.121. The van der Waals surface area contributed by atoms with E-state index in [1.54, 1.807) is 13.3 Å². The molecule has 0 aromatic carbocycles. The maximum atomic E-state index is 5.99. The summed E-state index contributed by atoms with van der Waals surface area (Å²) in [7, 11) is 3.66. The van der Waals surface area contributed by atoms with E-state index in [0.717, 1.165) is 25.0 Å². The summed E-state index contributed by atoms with van der Waals surface area (Å²) in [6.07, 6.45) is 5.00. The molecular formula is C11H19N3O. The van der Waals surface area contributed by atoms with E-state index in [1.165, 1.54) is 5.69 Å². The molecule has 1 aliphatic rings. The van der Waals surface area contributed by atoms with Crippen molar-refractivity contribution >= 4 is 0 Å². The highest BCUT2D eigenvalue weighted by molar-refractivity contribution is 5.33. The van der Waals surface area contributed by atoms with Crippen LogP contribution >= 0.6 is 0 Å². The number of methoxy groups -OCH3 is 1. The van der Waals surface area contributed by atoms with Crippen LogP contribution in [0.2, 0.25) is 0 Å². The van der Waals surface area contributed by atoms with E-state index in [2.05, 4.69) is 12.0 Å². The summed E-state index contributed by atoms with van der Waals surface area (Å²) in [5.41, 5.74) is 7.29. The van der Waals surface area contributed by atoms with E-state index >= 15 is 0 Å². The maximum Gasteiger partial charge on any atom is 0.160 e. The topological polar surface area (TPSA) is 53.1 Å². The van der Waals surface area contributed by atoms with Gasteiger partial charge < -0.3 is 10.5 Å². The molecule has 0 spiro atoms. The maximum absolute atomic E-state index is 5.99. The second-order valence-electron chi connectivity index (χ2n) is 4.75. The molecule has 0 amide bonds. The predicted octanol–water partition coefficient (Wildman–Crippen LogP) is 1.20. The number of ether oxygens (including phenoxy) is 1. The van der Waals surface area contributed by atoms with Crippen molar-refractivity contribution in [3.63, 3.8) is 0 Å². The highest BCUT2D eigenvalue weighted by Crippen LogP contribution is 2.43. The smallest absolute Gasteiger partial charge is 0.160 e. The Labute approximate surface area is 90.4 Å². The van der Waals surface area contributed by atoms with Gasteiger partial charge in [0.2, 0.25) is 0 Å². The molecule has 1 aliphatic carbocycles. The Hall–Kier alpha value is -1.03. The molecule has 2 unspecified atom stereocenters. The van der Waals surface area contributed by atoms with Crippen molar-refractivity contribution in [2.24, 2.45) is 12.8 Å². The van der Waals surface area contributed by atoms with E-state index in [4.69, 9.17) is 10.5 Å². The summed E-state index contributed by atoms with van der Waals surface area (Å²) in [5, 5.41) is 4.25. The second kappa shape index (κ2) is 3.52. The molecule has 1 fully saturated rings. The van der Waals surface area contributed by atoms with Gasteiger partial charge in [-0.1, -0.05) is 6.92 Å². The zero-order valence-corrected chi connectivity index (χ0v) is 9.66. The highest BCUT2D eigenvalue weighted by atomic mass is 16.5. The highest BCUT2D eigenvalue weighted by Gasteiger charge is 2.39. The van der Waals surface area contributed by atoms with Gasteiger partial charge in [-0.15, -0.1) is 0 Å². The van der Waals surface area contributed by atoms with Gasteiger partial charge in [0.05, 0.1) is 19.0 Å². The second-order valence-corrected chi connectivity index (χ2v) is 4.75. The van der Waals surface area contributed by atoms with Crippen LogP contribution in [-0.2, 0) is 12.5 Å². The van der Waals surface area contributed by atoms with Crippen molar-refractivity contribution in [2.75, 3.05) is 7.11 Å². The Morgan fingerprint density at radius 2 is 2.40 bits per heavy atom. The lowest BCUT2D eigenvalue weighted by atomic mass is 9.84. The molecule has 1 aromatic rings. The van der Waals surface area contributed by atoms with Crippen molar-refractivity contribution in [3.8, 4) is 5.75 Å². The fourth-order valence-corrected chi connectivity index (χ4v) is 2.76. The molecule has 0 saturated heterocycles. The van der Waals surface area contributed by atoms with Crippen molar-refractivity contribution in [1.29, 1.82) is 0 Å². The first kappa shape index (κ1) is 10.5. The van der Waals surface area contributed by atoms with E-state index in [1.807, 2.05) is 11.7 Å². The molecular weight excluding hydrogens is 190 g/mol. The summed E-state index contributed by atoms with van der Waals surface area (Å²) in [6.45, 7) is 2.25. The number of nitrogens with zero attached hydrogens (tertiary/aromatic N) is 2. The van der Waals surface area contributed by atoms with Crippen LogP contribution in [0.5, 0.6) is 5.75 Å². The van der Waals surface area contributed by atoms with Gasteiger partial charge in [0.25, 0.3) is 0 Å². The van der Waals surface area contributed by atoms with E-state index in [-0.39, 0.29) is 5.41 Å². The van der Waals surface area contributed by atoms with Gasteiger partial charge in [-0.25, -0.2) is 0 Å². The average Bonchev–Trinajstić information content (AvgIpc) is 2.71. The van der Waals surface area contributed by atoms with Crippen LogP contribution in [0.25, 0.3) is 0 Å². The predicted molar refractivity (Wildman–Crippen MR) is 58.9 cm³/mol. The lowest BCUT2D eigenvalue weighted by Gasteiger charge is -2.25. The molecule has 4 heteroatoms. The van der Waals surface area contributed by atoms with Gasteiger partial charge in [0.15, 0.2) is 5.75 Å². The quantitative estimate of drug-likeness (QED) is 0.796. The zero-order valence-electron chi connectivity index (χ0n) is 9.66. The Kier molecular flexibility index (Phi) is 2.46. The monoisotopic (exact) mass is 209 g/mol. The van der Waals surface area contributed by atoms with Gasteiger partial charge in [-0.05, 0) is 19.3 Å². The van der Waals surface area contributed by atoms with Gasteiger partial charge in [0, 0.05) is 18.5 Å². The van der Waals surface area contributed by atoms with E-state index in [0.29, 0.717) is 6.04 Å². The fraction of sp³-hybridized carbons (Fsp3) is 0.727. The zero-order chi connectivity index (χ0) is 11.1. The first-order valence-electron chi connectivity index (χ1n) is 5.39. The summed E-state index contributed by atoms with van der Waals surface area (Å²) in [6, 6.07) is 0.314. The summed E-state index contributed by atoms with van der Waals surface area (Å²) in [5.74, 6) is 0.883. The molecule has 1 saturated carbocycles. The number of rotatable bonds is 2. The Morgan fingerprint density at radius 1 is 1.67 bits per heavy atom. The first-order chi connectivity index (χ1) is 7.07. The number of hydrogen-bond acceptors (Lipinski definition) is 3. The number of nitrogens with two attached hydrogens (primary N) is 1. The van der Waals surface area contributed by atoms with Crippen LogP contribution < -0.4 is 10.5 Å². The fourth-order valence-electron chi connectivity index (χ4n) is 2.76. The van der Waals surface area contributed by atoms with Gasteiger partial charge in [-0.3, -0.25) is 4.68 Å². The SMILES string of the molecule is COc1cnn(C)c1C1(C)CCC(N)C1. The minimum Gasteiger partial charge on any atom is -0.493 e. The lowest BCUT2D eigenvalue weighted by molar-refractivity contribution is 0.373. The molecule has 1 heterocycles. The van der Waals surface area contributed by atoms with Crippen molar-refractivity contribution < 1.29 is 4.74 Å². The van der Waals surface area contributed by atoms with Crippen molar-refractivity contribution in [1.82, 2.24) is 9.78 Å². The van der Waals surface area contributed by atoms with Crippen molar-refractivity contribution in [3.05, 3.63) is 11.9 Å². The van der Waals surface area contributed by atoms with Gasteiger partial charge >= 0.3 is 0 Å². The van der Waals surface area contributed by atoms with Gasteiger partial charge in [0.1, 0.15) is 0 Å². The molecule has 2 atom stereocenters. The first-order valence-corrected chi connectivity index (χ1v) is 5.39. The average molecular weight is 209 g/mol. The van der Waals surface area contributed by atoms with E-state index in [9.17, 15) is 0 Å². The molecule has 2 N–H and O–H groups in total. The van der Waals surface area contributed by atoms with Crippen LogP contribution in [0.4, 0.5) is 0 Å². The van der Waals surface area contributed by atoms with Crippen LogP contribution in [0, 0.1) is 0 Å². The third kappa shape index (κ3) is 1.63. The Bertz CT molecular complexity index is 361. The lowest BCUT2D eigenvalue weighted by Crippen LogP contribution is -2.25. The summed E-state index contributed by atoms with van der Waals surface area (Å²) < 4.78 is 7.27. The Balaban J connectivity index is 2.39. The van der Waals surface area contributed by atoms with Crippen LogP contribution in [0.15, 0.2) is 6.20 Å². The molecule has 84 valence electrons. The third-order valence-electron chi connectivity index (χ3n) is 3.48. The molecule has 0 bridgehead atoms. The molecule has 4 nitrogen and oxygen atoms in total. The third-order valence-corrected chi connectivity index (χ3v) is 3.48. The number of aromatic nitrogens is 2. The van der Waals surface area contributed by atoms with Crippen LogP contribution in [0.1, 0.15) is 31.9 Å². The molecule has 0 aliphatic heterocycles.